The number of aliphatic hydroxyl groups is 1. The number of hydrogen-bond donors (Lipinski definition) is 1. The van der Waals surface area contributed by atoms with Gasteiger partial charge in [0, 0.05) is 0 Å². The van der Waals surface area contributed by atoms with Crippen LogP contribution in [0.3, 0.4) is 0 Å². The summed E-state index contributed by atoms with van der Waals surface area (Å²) in [7, 11) is 0. The quantitative estimate of drug-likeness (QED) is 0.642. The van der Waals surface area contributed by atoms with Crippen LogP contribution in [-0.4, -0.2) is 11.7 Å². The lowest BCUT2D eigenvalue weighted by Crippen LogP contribution is -2.09. The molecule has 1 N–H and O–H groups in total. The summed E-state index contributed by atoms with van der Waals surface area (Å²) < 4.78 is 0. The highest BCUT2D eigenvalue weighted by Crippen LogP contribution is 2.30. The summed E-state index contributed by atoms with van der Waals surface area (Å²) in [4.78, 5) is 0. The standard InChI is InChI=1S/C11H20O/c1-2-10(8-9-12)11-6-4-3-5-7-11/h8,11-12H,2-7,9H2,1H3. The SMILES string of the molecule is CCC(=CCO)C1CCCCC1. The van der Waals surface area contributed by atoms with Crippen LogP contribution in [0, 0.1) is 5.92 Å². The van der Waals surface area contributed by atoms with E-state index in [2.05, 4.69) is 6.92 Å². The van der Waals surface area contributed by atoms with Gasteiger partial charge in [0.15, 0.2) is 0 Å². The summed E-state index contributed by atoms with van der Waals surface area (Å²) >= 11 is 0. The summed E-state index contributed by atoms with van der Waals surface area (Å²) in [5.74, 6) is 0.788. The number of hydrogen-bond acceptors (Lipinski definition) is 1. The molecule has 12 heavy (non-hydrogen) atoms. The summed E-state index contributed by atoms with van der Waals surface area (Å²) in [6.07, 6.45) is 9.99. The van der Waals surface area contributed by atoms with Crippen LogP contribution >= 0.6 is 0 Å². The monoisotopic (exact) mass is 168 g/mol. The molecular weight excluding hydrogens is 148 g/mol. The highest BCUT2D eigenvalue weighted by molar-refractivity contribution is 5.07. The summed E-state index contributed by atoms with van der Waals surface area (Å²) in [5.41, 5.74) is 1.48. The van der Waals surface area contributed by atoms with E-state index in [1.807, 2.05) is 6.08 Å². The molecule has 1 heteroatoms. The predicted octanol–water partition coefficient (Wildman–Crippen LogP) is 2.90. The third-order valence-corrected chi connectivity index (χ3v) is 2.89. The van der Waals surface area contributed by atoms with E-state index in [0.717, 1.165) is 12.3 Å². The molecule has 0 spiro atoms. The number of aliphatic hydroxyl groups excluding tert-OH is 1. The predicted molar refractivity (Wildman–Crippen MR) is 52.0 cm³/mol. The van der Waals surface area contributed by atoms with Crippen molar-refractivity contribution < 1.29 is 5.11 Å². The van der Waals surface area contributed by atoms with Crippen molar-refractivity contribution in [3.8, 4) is 0 Å². The van der Waals surface area contributed by atoms with E-state index in [4.69, 9.17) is 5.11 Å². The fourth-order valence-electron chi connectivity index (χ4n) is 2.19. The fraction of sp³-hybridized carbons (Fsp3) is 0.818. The van der Waals surface area contributed by atoms with Gasteiger partial charge in [-0.3, -0.25) is 0 Å². The lowest BCUT2D eigenvalue weighted by atomic mass is 9.82. The van der Waals surface area contributed by atoms with Gasteiger partial charge in [0.1, 0.15) is 0 Å². The van der Waals surface area contributed by atoms with Gasteiger partial charge in [-0.25, -0.2) is 0 Å². The Bertz CT molecular complexity index is 143. The highest BCUT2D eigenvalue weighted by Gasteiger charge is 2.15. The first-order chi connectivity index (χ1) is 5.88. The van der Waals surface area contributed by atoms with E-state index in [1.165, 1.54) is 37.7 Å². The van der Waals surface area contributed by atoms with Crippen molar-refractivity contribution in [2.75, 3.05) is 6.61 Å². The molecule has 0 aromatic rings. The normalized spacial score (nSPS) is 21.3. The van der Waals surface area contributed by atoms with Crippen molar-refractivity contribution in [2.24, 2.45) is 5.92 Å². The minimum Gasteiger partial charge on any atom is -0.392 e. The lowest BCUT2D eigenvalue weighted by molar-refractivity contribution is 0.335. The number of rotatable bonds is 3. The van der Waals surface area contributed by atoms with Crippen molar-refractivity contribution in [1.82, 2.24) is 0 Å². The Morgan fingerprint density at radius 3 is 2.50 bits per heavy atom. The number of allylic oxidation sites excluding steroid dienone is 1. The maximum Gasteiger partial charge on any atom is 0.0615 e. The second-order valence-corrected chi connectivity index (χ2v) is 3.65. The maximum atomic E-state index is 8.82. The van der Waals surface area contributed by atoms with Crippen LogP contribution in [0.15, 0.2) is 11.6 Å². The van der Waals surface area contributed by atoms with Gasteiger partial charge in [-0.2, -0.15) is 0 Å². The highest BCUT2D eigenvalue weighted by atomic mass is 16.2. The van der Waals surface area contributed by atoms with Crippen LogP contribution in [0.1, 0.15) is 45.4 Å². The largest absolute Gasteiger partial charge is 0.392 e. The van der Waals surface area contributed by atoms with Gasteiger partial charge in [-0.15, -0.1) is 0 Å². The molecule has 1 saturated carbocycles. The van der Waals surface area contributed by atoms with Gasteiger partial charge in [0.2, 0.25) is 0 Å². The Balaban J connectivity index is 2.46. The minimum atomic E-state index is 0.222. The summed E-state index contributed by atoms with van der Waals surface area (Å²) in [6.45, 7) is 2.41. The third kappa shape index (κ3) is 2.63. The molecule has 0 heterocycles. The molecule has 70 valence electrons. The molecular formula is C11H20O. The van der Waals surface area contributed by atoms with Gasteiger partial charge in [0.05, 0.1) is 6.61 Å². The van der Waals surface area contributed by atoms with Crippen molar-refractivity contribution in [1.29, 1.82) is 0 Å². The lowest BCUT2D eigenvalue weighted by Gasteiger charge is -2.23. The zero-order valence-electron chi connectivity index (χ0n) is 8.05. The van der Waals surface area contributed by atoms with Crippen molar-refractivity contribution in [2.45, 2.75) is 45.4 Å². The molecule has 0 atom stereocenters. The van der Waals surface area contributed by atoms with Crippen LogP contribution in [0.25, 0.3) is 0 Å². The van der Waals surface area contributed by atoms with E-state index in [1.54, 1.807) is 0 Å². The van der Waals surface area contributed by atoms with Crippen molar-refractivity contribution in [3.05, 3.63) is 11.6 Å². The van der Waals surface area contributed by atoms with E-state index in [9.17, 15) is 0 Å². The van der Waals surface area contributed by atoms with Crippen molar-refractivity contribution in [3.63, 3.8) is 0 Å². The molecule has 0 radical (unpaired) electrons. The second-order valence-electron chi connectivity index (χ2n) is 3.65. The molecule has 0 saturated heterocycles. The van der Waals surface area contributed by atoms with Gasteiger partial charge in [-0.1, -0.05) is 37.8 Å². The van der Waals surface area contributed by atoms with E-state index >= 15 is 0 Å². The summed E-state index contributed by atoms with van der Waals surface area (Å²) in [5, 5.41) is 8.82. The Hall–Kier alpha value is -0.300. The molecule has 1 nitrogen and oxygen atoms in total. The van der Waals surface area contributed by atoms with Gasteiger partial charge >= 0.3 is 0 Å². The Kier molecular flexibility index (Phi) is 4.37. The van der Waals surface area contributed by atoms with Crippen LogP contribution < -0.4 is 0 Å². The van der Waals surface area contributed by atoms with Crippen molar-refractivity contribution >= 4 is 0 Å². The van der Waals surface area contributed by atoms with Crippen LogP contribution in [0.5, 0.6) is 0 Å². The minimum absolute atomic E-state index is 0.222. The smallest absolute Gasteiger partial charge is 0.0615 e. The molecule has 0 unspecified atom stereocenters. The van der Waals surface area contributed by atoms with E-state index in [0.29, 0.717) is 0 Å². The Labute approximate surface area is 75.5 Å². The van der Waals surface area contributed by atoms with Gasteiger partial charge in [0.25, 0.3) is 0 Å². The Morgan fingerprint density at radius 1 is 1.33 bits per heavy atom. The van der Waals surface area contributed by atoms with E-state index < -0.39 is 0 Å². The fourth-order valence-corrected chi connectivity index (χ4v) is 2.19. The van der Waals surface area contributed by atoms with Gasteiger partial charge in [-0.05, 0) is 25.2 Å². The van der Waals surface area contributed by atoms with Gasteiger partial charge < -0.3 is 5.11 Å². The second kappa shape index (κ2) is 5.36. The Morgan fingerprint density at radius 2 is 2.00 bits per heavy atom. The maximum absolute atomic E-state index is 8.82. The molecule has 0 aromatic heterocycles. The van der Waals surface area contributed by atoms with E-state index in [-0.39, 0.29) is 6.61 Å². The molecule has 0 aromatic carbocycles. The third-order valence-electron chi connectivity index (χ3n) is 2.89. The summed E-state index contributed by atoms with van der Waals surface area (Å²) in [6, 6.07) is 0. The first kappa shape index (κ1) is 9.79. The van der Waals surface area contributed by atoms with Crippen LogP contribution in [0.4, 0.5) is 0 Å². The molecule has 1 aliphatic rings. The molecule has 1 aliphatic carbocycles. The average Bonchev–Trinajstić information content (AvgIpc) is 2.15. The molecule has 0 bridgehead atoms. The zero-order valence-corrected chi connectivity index (χ0v) is 8.05. The molecule has 1 fully saturated rings. The van der Waals surface area contributed by atoms with Crippen LogP contribution in [-0.2, 0) is 0 Å². The molecule has 0 aliphatic heterocycles. The first-order valence-corrected chi connectivity index (χ1v) is 5.18. The van der Waals surface area contributed by atoms with Crippen LogP contribution in [0.2, 0.25) is 0 Å². The molecule has 0 amide bonds. The zero-order chi connectivity index (χ0) is 8.81. The topological polar surface area (TPSA) is 20.2 Å². The average molecular weight is 168 g/mol. The first-order valence-electron chi connectivity index (χ1n) is 5.18. The molecule has 1 rings (SSSR count).